The summed E-state index contributed by atoms with van der Waals surface area (Å²) in [6, 6.07) is 0. The van der Waals surface area contributed by atoms with Crippen LogP contribution >= 0.6 is 0 Å². The van der Waals surface area contributed by atoms with E-state index in [1.165, 1.54) is 29.6 Å². The van der Waals surface area contributed by atoms with E-state index in [4.69, 9.17) is 0 Å². The predicted molar refractivity (Wildman–Crippen MR) is 175 cm³/mol. The topological polar surface area (TPSA) is 74.6 Å². The monoisotopic (exact) mass is 604 g/mol. The van der Waals surface area contributed by atoms with Gasteiger partial charge in [0.2, 0.25) is 0 Å². The molecule has 0 amide bonds. The molecule has 8 aliphatic rings. The van der Waals surface area contributed by atoms with Crippen LogP contribution in [0.2, 0.25) is 0 Å². The Balaban J connectivity index is 1.58. The number of fused-ring (bicyclic) bond motifs is 4. The standard InChI is InChI=1S/C40H60O4/c1-22(2)39(43)28(41)21-27-36(9)18-11-16-35(7,8)26(36)15-20-38(27)31-29-24(30(32(38)39)40(44,23(3)4)33(31)42)13-14-25-34(5,6)17-12-19-37(25,29)10/h21-23,25-26,30-32,43-44H,11-20H2,1-10H3/t25-,26-,30-,31-,32+,36-,37-,38+,39+,40-/m0/s1. The number of aliphatic hydroxyl groups is 2. The molecule has 4 saturated carbocycles. The van der Waals surface area contributed by atoms with Gasteiger partial charge in [0.25, 0.3) is 0 Å². The molecule has 0 radical (unpaired) electrons. The first-order chi connectivity index (χ1) is 20.3. The highest BCUT2D eigenvalue weighted by atomic mass is 16.3. The fourth-order valence-corrected chi connectivity index (χ4v) is 14.5. The van der Waals surface area contributed by atoms with Crippen molar-refractivity contribution in [3.63, 3.8) is 0 Å². The molecule has 0 aromatic heterocycles. The minimum absolute atomic E-state index is 0.00114. The number of hydrogen-bond acceptors (Lipinski definition) is 4. The van der Waals surface area contributed by atoms with Crippen LogP contribution in [0.3, 0.4) is 0 Å². The van der Waals surface area contributed by atoms with Gasteiger partial charge in [-0.2, -0.15) is 0 Å². The summed E-state index contributed by atoms with van der Waals surface area (Å²) in [5.41, 5.74) is -0.0457. The van der Waals surface area contributed by atoms with Gasteiger partial charge >= 0.3 is 0 Å². The molecule has 10 atom stereocenters. The average Bonchev–Trinajstić information content (AvgIpc) is 2.91. The molecule has 0 aromatic carbocycles. The quantitative estimate of drug-likeness (QED) is 0.311. The predicted octanol–water partition coefficient (Wildman–Crippen LogP) is 8.25. The summed E-state index contributed by atoms with van der Waals surface area (Å²) in [6.07, 6.45) is 12.4. The van der Waals surface area contributed by atoms with Crippen LogP contribution in [-0.4, -0.2) is 33.0 Å². The molecule has 0 aliphatic heterocycles. The third-order valence-electron chi connectivity index (χ3n) is 16.2. The van der Waals surface area contributed by atoms with E-state index in [-0.39, 0.29) is 45.1 Å². The van der Waals surface area contributed by atoms with Gasteiger partial charge in [0.1, 0.15) is 11.2 Å². The minimum Gasteiger partial charge on any atom is -0.381 e. The molecular formula is C40H60O4. The van der Waals surface area contributed by atoms with E-state index >= 15 is 4.79 Å². The van der Waals surface area contributed by atoms with Gasteiger partial charge in [-0.15, -0.1) is 0 Å². The van der Waals surface area contributed by atoms with E-state index < -0.39 is 34.4 Å². The van der Waals surface area contributed by atoms with Gasteiger partial charge in [-0.1, -0.05) is 98.8 Å². The van der Waals surface area contributed by atoms with Crippen molar-refractivity contribution in [2.45, 2.75) is 145 Å². The number of allylic oxidation sites excluding steroid dienone is 2. The van der Waals surface area contributed by atoms with Crippen molar-refractivity contribution in [1.29, 1.82) is 0 Å². The normalized spacial score (nSPS) is 50.5. The Morgan fingerprint density at radius 1 is 0.727 bits per heavy atom. The number of carbonyl (C=O) groups excluding carboxylic acids is 2. The Morgan fingerprint density at radius 3 is 1.84 bits per heavy atom. The lowest BCUT2D eigenvalue weighted by atomic mass is 9.28. The Labute approximate surface area is 266 Å². The maximum atomic E-state index is 15.5. The van der Waals surface area contributed by atoms with E-state index in [0.29, 0.717) is 11.8 Å². The van der Waals surface area contributed by atoms with Crippen LogP contribution < -0.4 is 0 Å². The van der Waals surface area contributed by atoms with E-state index in [0.717, 1.165) is 51.4 Å². The Kier molecular flexibility index (Phi) is 6.41. The molecule has 0 saturated heterocycles. The summed E-state index contributed by atoms with van der Waals surface area (Å²) in [5.74, 6) is -1.39. The molecule has 4 nitrogen and oxygen atoms in total. The van der Waals surface area contributed by atoms with Crippen molar-refractivity contribution >= 4 is 11.6 Å². The third kappa shape index (κ3) is 3.29. The van der Waals surface area contributed by atoms with Gasteiger partial charge in [0.15, 0.2) is 11.6 Å². The lowest BCUT2D eigenvalue weighted by Gasteiger charge is -2.75. The minimum atomic E-state index is -1.62. The lowest BCUT2D eigenvalue weighted by molar-refractivity contribution is -0.232. The van der Waals surface area contributed by atoms with Crippen LogP contribution in [0.1, 0.15) is 133 Å². The van der Waals surface area contributed by atoms with Gasteiger partial charge < -0.3 is 10.2 Å². The number of hydrogen-bond donors (Lipinski definition) is 2. The molecule has 1 spiro atoms. The Morgan fingerprint density at radius 2 is 1.27 bits per heavy atom. The van der Waals surface area contributed by atoms with Crippen molar-refractivity contribution in [2.75, 3.05) is 0 Å². The zero-order valence-corrected chi connectivity index (χ0v) is 29.4. The van der Waals surface area contributed by atoms with Crippen LogP contribution in [0.4, 0.5) is 0 Å². The molecule has 0 aromatic rings. The van der Waals surface area contributed by atoms with Crippen molar-refractivity contribution in [3.8, 4) is 0 Å². The molecule has 8 rings (SSSR count). The Bertz CT molecular complexity index is 1380. The second kappa shape index (κ2) is 9.00. The van der Waals surface area contributed by atoms with E-state index in [1.54, 1.807) is 0 Å². The zero-order valence-electron chi connectivity index (χ0n) is 29.4. The van der Waals surface area contributed by atoms with Crippen molar-refractivity contribution in [3.05, 3.63) is 22.8 Å². The number of ketones is 2. The SMILES string of the molecule is CC(C)[C@@]1(O)C(=O)C=C2[C@]3(CC[C@H]4C(C)(C)CCC[C@]24C)[C@@H]2C(=O)[C@](O)(C(C)C)[C@@H](C4=C2[C@@]2(C)CCCC(C)(C)[C@@H]2CC4)[C@H]31. The molecular weight excluding hydrogens is 544 g/mol. The summed E-state index contributed by atoms with van der Waals surface area (Å²) >= 11 is 0. The summed E-state index contributed by atoms with van der Waals surface area (Å²) < 4.78 is 0. The van der Waals surface area contributed by atoms with Gasteiger partial charge in [-0.25, -0.2) is 0 Å². The zero-order chi connectivity index (χ0) is 32.2. The fraction of sp³-hybridized carbons (Fsp3) is 0.850. The highest BCUT2D eigenvalue weighted by Gasteiger charge is 2.81. The molecule has 8 aliphatic carbocycles. The molecule has 44 heavy (non-hydrogen) atoms. The van der Waals surface area contributed by atoms with Crippen LogP contribution in [0.15, 0.2) is 22.8 Å². The summed E-state index contributed by atoms with van der Waals surface area (Å²) in [6.45, 7) is 22.5. The number of Topliss-reactive ketones (excluding diaryl/α,β-unsaturated/α-hetero) is 1. The summed E-state index contributed by atoms with van der Waals surface area (Å²) in [5, 5.41) is 25.9. The van der Waals surface area contributed by atoms with Gasteiger partial charge in [0.05, 0.1) is 5.92 Å². The second-order valence-corrected chi connectivity index (χ2v) is 19.3. The Hall–Kier alpha value is -1.26. The van der Waals surface area contributed by atoms with Crippen LogP contribution in [0, 0.1) is 68.5 Å². The summed E-state index contributed by atoms with van der Waals surface area (Å²) in [7, 11) is 0. The molecule has 4 fully saturated rings. The van der Waals surface area contributed by atoms with Gasteiger partial charge in [0, 0.05) is 17.3 Å². The smallest absolute Gasteiger partial charge is 0.187 e. The maximum Gasteiger partial charge on any atom is 0.187 e. The van der Waals surface area contributed by atoms with Gasteiger partial charge in [-0.05, 0) is 103 Å². The first kappa shape index (κ1) is 31.3. The first-order valence-electron chi connectivity index (χ1n) is 18.3. The van der Waals surface area contributed by atoms with E-state index in [9.17, 15) is 15.0 Å². The maximum absolute atomic E-state index is 15.5. The number of rotatable bonds is 2. The molecule has 2 N–H and O–H groups in total. The van der Waals surface area contributed by atoms with Gasteiger partial charge in [-0.3, -0.25) is 9.59 Å². The largest absolute Gasteiger partial charge is 0.381 e. The first-order valence-corrected chi connectivity index (χ1v) is 18.3. The van der Waals surface area contributed by atoms with Crippen LogP contribution in [0.25, 0.3) is 0 Å². The van der Waals surface area contributed by atoms with Crippen molar-refractivity contribution < 1.29 is 19.8 Å². The van der Waals surface area contributed by atoms with Crippen LogP contribution in [0.5, 0.6) is 0 Å². The molecule has 0 heterocycles. The highest BCUT2D eigenvalue weighted by molar-refractivity contribution is 6.04. The molecule has 4 heteroatoms. The van der Waals surface area contributed by atoms with Crippen molar-refractivity contribution in [1.82, 2.24) is 0 Å². The summed E-state index contributed by atoms with van der Waals surface area (Å²) in [4.78, 5) is 30.1. The molecule has 2 bridgehead atoms. The third-order valence-corrected chi connectivity index (χ3v) is 16.2. The molecule has 244 valence electrons. The average molecular weight is 605 g/mol. The second-order valence-electron chi connectivity index (χ2n) is 19.3. The lowest BCUT2D eigenvalue weighted by Crippen LogP contribution is -2.79. The number of carbonyl (C=O) groups is 2. The van der Waals surface area contributed by atoms with Crippen molar-refractivity contribution in [2.24, 2.45) is 68.5 Å². The molecule has 0 unspecified atom stereocenters. The van der Waals surface area contributed by atoms with E-state index in [1.807, 2.05) is 33.8 Å². The van der Waals surface area contributed by atoms with Crippen LogP contribution in [-0.2, 0) is 9.59 Å². The van der Waals surface area contributed by atoms with E-state index in [2.05, 4.69) is 41.5 Å². The fourth-order valence-electron chi connectivity index (χ4n) is 14.5. The highest BCUT2D eigenvalue weighted by Crippen LogP contribution is 2.80.